The largest absolute Gasteiger partial charge is 0.335 e. The third-order valence-corrected chi connectivity index (χ3v) is 3.25. The topological polar surface area (TPSA) is 66.5 Å². The van der Waals surface area contributed by atoms with Gasteiger partial charge in [0.1, 0.15) is 6.42 Å². The van der Waals surface area contributed by atoms with E-state index in [9.17, 15) is 14.4 Å². The van der Waals surface area contributed by atoms with Crippen LogP contribution in [-0.4, -0.2) is 17.8 Å². The summed E-state index contributed by atoms with van der Waals surface area (Å²) >= 11 is 15.1. The van der Waals surface area contributed by atoms with Gasteiger partial charge in [-0.3, -0.25) is 14.9 Å². The molecule has 2 rings (SSSR count). The van der Waals surface area contributed by atoms with E-state index in [0.29, 0.717) is 4.47 Å². The molecular formula is C10H5BrCl2N2O3. The Bertz CT molecular complexity index is 533. The quantitative estimate of drug-likeness (QED) is 0.791. The van der Waals surface area contributed by atoms with E-state index < -0.39 is 24.3 Å². The van der Waals surface area contributed by atoms with E-state index in [4.69, 9.17) is 23.2 Å². The Labute approximate surface area is 120 Å². The molecule has 4 amide bonds. The number of imide groups is 2. The van der Waals surface area contributed by atoms with Gasteiger partial charge in [-0.05, 0) is 12.1 Å². The predicted molar refractivity (Wildman–Crippen MR) is 69.8 cm³/mol. The van der Waals surface area contributed by atoms with Crippen LogP contribution in [0.5, 0.6) is 0 Å². The molecule has 0 unspecified atom stereocenters. The van der Waals surface area contributed by atoms with E-state index >= 15 is 0 Å². The number of rotatable bonds is 1. The molecule has 8 heteroatoms. The molecule has 0 aliphatic carbocycles. The number of anilines is 1. The van der Waals surface area contributed by atoms with Gasteiger partial charge < -0.3 is 0 Å². The highest BCUT2D eigenvalue weighted by Gasteiger charge is 2.34. The summed E-state index contributed by atoms with van der Waals surface area (Å²) in [7, 11) is 0. The third-order valence-electron chi connectivity index (χ3n) is 2.22. The van der Waals surface area contributed by atoms with E-state index in [-0.39, 0.29) is 15.7 Å². The Hall–Kier alpha value is -1.11. The average molecular weight is 352 g/mol. The minimum atomic E-state index is -0.859. The van der Waals surface area contributed by atoms with Crippen molar-refractivity contribution in [3.05, 3.63) is 26.7 Å². The Morgan fingerprint density at radius 3 is 2.22 bits per heavy atom. The zero-order chi connectivity index (χ0) is 13.4. The summed E-state index contributed by atoms with van der Waals surface area (Å²) in [6, 6.07) is 2.14. The smallest absolute Gasteiger partial charge is 0.277 e. The lowest BCUT2D eigenvalue weighted by Gasteiger charge is -2.26. The molecule has 0 atom stereocenters. The van der Waals surface area contributed by atoms with Crippen LogP contribution in [0.25, 0.3) is 0 Å². The normalized spacial score (nSPS) is 15.9. The van der Waals surface area contributed by atoms with Crippen LogP contribution in [-0.2, 0) is 9.59 Å². The van der Waals surface area contributed by atoms with E-state index in [1.54, 1.807) is 0 Å². The van der Waals surface area contributed by atoms with E-state index in [0.717, 1.165) is 4.90 Å². The van der Waals surface area contributed by atoms with E-state index in [2.05, 4.69) is 15.9 Å². The molecule has 94 valence electrons. The molecule has 1 aliphatic heterocycles. The fourth-order valence-electron chi connectivity index (χ4n) is 1.52. The van der Waals surface area contributed by atoms with E-state index in [1.807, 2.05) is 5.32 Å². The molecule has 1 aromatic carbocycles. The fourth-order valence-corrected chi connectivity index (χ4v) is 2.90. The predicted octanol–water partition coefficient (Wildman–Crippen LogP) is 2.73. The van der Waals surface area contributed by atoms with Crippen molar-refractivity contribution in [2.24, 2.45) is 0 Å². The Kier molecular flexibility index (Phi) is 3.61. The number of urea groups is 1. The molecule has 1 N–H and O–H groups in total. The second-order valence-electron chi connectivity index (χ2n) is 3.48. The first-order valence-electron chi connectivity index (χ1n) is 4.71. The second-order valence-corrected chi connectivity index (χ2v) is 5.21. The number of amides is 4. The van der Waals surface area contributed by atoms with Crippen LogP contribution in [0.1, 0.15) is 6.42 Å². The first-order chi connectivity index (χ1) is 8.40. The van der Waals surface area contributed by atoms with Crippen molar-refractivity contribution in [3.63, 3.8) is 0 Å². The minimum Gasteiger partial charge on any atom is -0.277 e. The van der Waals surface area contributed by atoms with Crippen molar-refractivity contribution < 1.29 is 14.4 Å². The van der Waals surface area contributed by atoms with Crippen molar-refractivity contribution in [1.29, 1.82) is 0 Å². The number of barbiturate groups is 1. The maximum absolute atomic E-state index is 11.7. The molecule has 0 bridgehead atoms. The molecule has 0 spiro atoms. The van der Waals surface area contributed by atoms with Crippen molar-refractivity contribution in [2.45, 2.75) is 6.42 Å². The number of benzene rings is 1. The van der Waals surface area contributed by atoms with Crippen LogP contribution in [0.4, 0.5) is 10.5 Å². The summed E-state index contributed by atoms with van der Waals surface area (Å²) in [6.45, 7) is 0. The second kappa shape index (κ2) is 4.87. The van der Waals surface area contributed by atoms with Crippen LogP contribution in [0.2, 0.25) is 10.0 Å². The molecule has 18 heavy (non-hydrogen) atoms. The number of nitrogens with one attached hydrogen (secondary N) is 1. The van der Waals surface area contributed by atoms with Gasteiger partial charge in [0.2, 0.25) is 11.8 Å². The van der Waals surface area contributed by atoms with Gasteiger partial charge in [0.15, 0.2) is 0 Å². The molecule has 0 saturated carbocycles. The highest BCUT2D eigenvalue weighted by molar-refractivity contribution is 9.10. The lowest BCUT2D eigenvalue weighted by Crippen LogP contribution is -2.53. The van der Waals surface area contributed by atoms with Crippen molar-refractivity contribution in [1.82, 2.24) is 5.32 Å². The zero-order valence-corrected chi connectivity index (χ0v) is 11.8. The van der Waals surface area contributed by atoms with Crippen molar-refractivity contribution >= 4 is 62.7 Å². The molecule has 1 aliphatic rings. The molecule has 1 saturated heterocycles. The van der Waals surface area contributed by atoms with Gasteiger partial charge in [0, 0.05) is 4.47 Å². The van der Waals surface area contributed by atoms with Gasteiger partial charge >= 0.3 is 6.03 Å². The number of hydrogen-bond donors (Lipinski definition) is 1. The lowest BCUT2D eigenvalue weighted by molar-refractivity contribution is -0.128. The molecule has 0 radical (unpaired) electrons. The summed E-state index contributed by atoms with van der Waals surface area (Å²) in [4.78, 5) is 35.2. The monoisotopic (exact) mass is 350 g/mol. The SMILES string of the molecule is O=C1CC(=O)N(c2c(Cl)cc(Br)cc2Cl)C(=O)N1. The minimum absolute atomic E-state index is 0.0662. The maximum Gasteiger partial charge on any atom is 0.335 e. The summed E-state index contributed by atoms with van der Waals surface area (Å²) in [5.74, 6) is -1.32. The molecule has 1 heterocycles. The molecule has 1 fully saturated rings. The van der Waals surface area contributed by atoms with Crippen LogP contribution in [0, 0.1) is 0 Å². The Morgan fingerprint density at radius 2 is 1.72 bits per heavy atom. The van der Waals surface area contributed by atoms with Gasteiger partial charge in [0.25, 0.3) is 0 Å². The summed E-state index contributed by atoms with van der Waals surface area (Å²) in [5.41, 5.74) is 0.0662. The molecule has 1 aromatic rings. The highest BCUT2D eigenvalue weighted by Crippen LogP contribution is 2.37. The molecule has 5 nitrogen and oxygen atoms in total. The van der Waals surface area contributed by atoms with Crippen LogP contribution < -0.4 is 10.2 Å². The average Bonchev–Trinajstić information content (AvgIpc) is 2.20. The van der Waals surface area contributed by atoms with Crippen LogP contribution in [0.3, 0.4) is 0 Å². The number of hydrogen-bond acceptors (Lipinski definition) is 3. The zero-order valence-electron chi connectivity index (χ0n) is 8.67. The van der Waals surface area contributed by atoms with Crippen molar-refractivity contribution in [2.75, 3.05) is 4.90 Å². The first-order valence-corrected chi connectivity index (χ1v) is 6.26. The summed E-state index contributed by atoms with van der Waals surface area (Å²) < 4.78 is 0.613. The van der Waals surface area contributed by atoms with Gasteiger partial charge in [-0.25, -0.2) is 9.69 Å². The van der Waals surface area contributed by atoms with Gasteiger partial charge in [0.05, 0.1) is 15.7 Å². The first kappa shape index (κ1) is 13.3. The molecule has 0 aromatic heterocycles. The third kappa shape index (κ3) is 2.36. The number of carbonyl (C=O) groups excluding carboxylic acids is 3. The van der Waals surface area contributed by atoms with Crippen molar-refractivity contribution in [3.8, 4) is 0 Å². The molecular weight excluding hydrogens is 347 g/mol. The van der Waals surface area contributed by atoms with Gasteiger partial charge in [-0.15, -0.1) is 0 Å². The van der Waals surface area contributed by atoms with Gasteiger partial charge in [-0.2, -0.15) is 0 Å². The van der Waals surface area contributed by atoms with Crippen LogP contribution >= 0.6 is 39.1 Å². The number of carbonyl (C=O) groups is 3. The Morgan fingerprint density at radius 1 is 1.17 bits per heavy atom. The number of halogens is 3. The maximum atomic E-state index is 11.7. The Balaban J connectivity index is 2.52. The lowest BCUT2D eigenvalue weighted by atomic mass is 10.2. The summed E-state index contributed by atoms with van der Waals surface area (Å²) in [6.07, 6.45) is -0.422. The van der Waals surface area contributed by atoms with Gasteiger partial charge in [-0.1, -0.05) is 39.1 Å². The number of nitrogens with zero attached hydrogens (tertiary/aromatic N) is 1. The fraction of sp³-hybridized carbons (Fsp3) is 0.100. The summed E-state index contributed by atoms with van der Waals surface area (Å²) in [5, 5.41) is 2.29. The highest BCUT2D eigenvalue weighted by atomic mass is 79.9. The van der Waals surface area contributed by atoms with Crippen LogP contribution in [0.15, 0.2) is 16.6 Å². The van der Waals surface area contributed by atoms with E-state index in [1.165, 1.54) is 12.1 Å². The standard InChI is InChI=1S/C10H5BrCl2N2O3/c11-4-1-5(12)9(6(13)2-4)15-8(17)3-7(16)14-10(15)18/h1-2H,3H2,(H,14,16,18).